The van der Waals surface area contributed by atoms with E-state index in [-0.39, 0.29) is 22.6 Å². The Bertz CT molecular complexity index is 1120. The second kappa shape index (κ2) is 9.85. The molecule has 2 N–H and O–H groups in total. The van der Waals surface area contributed by atoms with Gasteiger partial charge in [0.2, 0.25) is 0 Å². The summed E-state index contributed by atoms with van der Waals surface area (Å²) >= 11 is 7.31. The van der Waals surface area contributed by atoms with Gasteiger partial charge in [-0.1, -0.05) is 48.5 Å². The summed E-state index contributed by atoms with van der Waals surface area (Å²) in [6.07, 6.45) is 8.64. The maximum Gasteiger partial charge on any atom is 0.336 e. The summed E-state index contributed by atoms with van der Waals surface area (Å²) in [5.41, 5.74) is 1.28. The number of nitrogens with zero attached hydrogens (tertiary/aromatic N) is 1. The lowest BCUT2D eigenvalue weighted by Crippen LogP contribution is -2.34. The van der Waals surface area contributed by atoms with Crippen LogP contribution in [0.15, 0.2) is 69.8 Å². The average Bonchev–Trinajstić information content (AvgIpc) is 3.23. The molecule has 1 unspecified atom stereocenters. The van der Waals surface area contributed by atoms with Crippen molar-refractivity contribution in [2.75, 3.05) is 6.26 Å². The number of carboxylic acid groups (broad SMARTS) is 1. The molecule has 3 rings (SSSR count). The van der Waals surface area contributed by atoms with E-state index in [9.17, 15) is 14.7 Å². The van der Waals surface area contributed by atoms with Crippen molar-refractivity contribution in [1.82, 2.24) is 4.90 Å². The summed E-state index contributed by atoms with van der Waals surface area (Å²) in [6, 6.07) is 9.86. The normalized spacial score (nSPS) is 16.0. The van der Waals surface area contributed by atoms with Gasteiger partial charge in [0, 0.05) is 22.4 Å². The Balaban J connectivity index is 1.83. The lowest BCUT2D eigenvalue weighted by molar-refractivity contribution is -0.121. The molecule has 0 bridgehead atoms. The number of thioether (sulfide) groups is 1. The molecule has 1 aromatic heterocycles. The molecule has 0 radical (unpaired) electrons. The lowest BCUT2D eigenvalue weighted by Gasteiger charge is -2.27. The molecule has 1 aliphatic rings. The van der Waals surface area contributed by atoms with Gasteiger partial charge in [0.1, 0.15) is 11.5 Å². The number of furan rings is 1. The van der Waals surface area contributed by atoms with Gasteiger partial charge in [-0.2, -0.15) is 0 Å². The van der Waals surface area contributed by atoms with Crippen LogP contribution in [0.2, 0.25) is 0 Å². The Morgan fingerprint density at radius 2 is 2.00 bits per heavy atom. The van der Waals surface area contributed by atoms with Gasteiger partial charge in [-0.05, 0) is 55.0 Å². The van der Waals surface area contributed by atoms with Gasteiger partial charge in [0.25, 0.3) is 5.91 Å². The number of allylic oxidation sites excluding steroid dienone is 4. The molecular formula is C23H21ClN2O4S. The van der Waals surface area contributed by atoms with Crippen LogP contribution in [0.25, 0.3) is 17.4 Å². The first-order valence-corrected chi connectivity index (χ1v) is 11.1. The predicted molar refractivity (Wildman–Crippen MR) is 124 cm³/mol. The van der Waals surface area contributed by atoms with Crippen LogP contribution in [0.5, 0.6) is 0 Å². The number of carboxylic acids is 1. The summed E-state index contributed by atoms with van der Waals surface area (Å²) in [5, 5.41) is 18.4. The zero-order valence-electron chi connectivity index (χ0n) is 17.0. The van der Waals surface area contributed by atoms with Crippen molar-refractivity contribution in [3.8, 4) is 11.3 Å². The topological polar surface area (TPSA) is 94.6 Å². The Hall–Kier alpha value is -3.03. The number of benzene rings is 1. The van der Waals surface area contributed by atoms with E-state index in [1.54, 1.807) is 48.7 Å². The number of halogens is 1. The van der Waals surface area contributed by atoms with Gasteiger partial charge >= 0.3 is 5.97 Å². The maximum atomic E-state index is 12.9. The maximum absolute atomic E-state index is 12.9. The van der Waals surface area contributed by atoms with Crippen LogP contribution < -0.4 is 0 Å². The highest BCUT2D eigenvalue weighted by Gasteiger charge is 2.24. The van der Waals surface area contributed by atoms with Crippen molar-refractivity contribution in [2.24, 2.45) is 5.92 Å². The van der Waals surface area contributed by atoms with E-state index in [0.717, 1.165) is 0 Å². The fourth-order valence-corrected chi connectivity index (χ4v) is 3.68. The monoisotopic (exact) mass is 456 g/mol. The van der Waals surface area contributed by atoms with Crippen molar-refractivity contribution in [2.45, 2.75) is 13.3 Å². The van der Waals surface area contributed by atoms with E-state index in [1.807, 2.05) is 6.92 Å². The third-order valence-electron chi connectivity index (χ3n) is 4.76. The van der Waals surface area contributed by atoms with Crippen LogP contribution in [0, 0.1) is 11.3 Å². The van der Waals surface area contributed by atoms with Gasteiger partial charge in [0.05, 0.1) is 5.56 Å². The fraction of sp³-hybridized carbons (Fsp3) is 0.174. The van der Waals surface area contributed by atoms with Crippen molar-refractivity contribution >= 4 is 46.5 Å². The SMILES string of the molecule is CSC(=N)N(C(=O)/C=C/c1ccc(-c2ccccc2C(=O)O)o1)C1=CC=C(Cl)C(C)C1. The van der Waals surface area contributed by atoms with E-state index in [0.29, 0.717) is 34.2 Å². The Kier molecular flexibility index (Phi) is 7.20. The van der Waals surface area contributed by atoms with Gasteiger partial charge in [0.15, 0.2) is 5.17 Å². The highest BCUT2D eigenvalue weighted by Crippen LogP contribution is 2.31. The molecule has 0 spiro atoms. The molecule has 1 atom stereocenters. The number of nitrogens with one attached hydrogen (secondary N) is 1. The number of aromatic carboxylic acids is 1. The van der Waals surface area contributed by atoms with Crippen LogP contribution in [-0.2, 0) is 4.79 Å². The molecule has 1 aliphatic carbocycles. The Labute approximate surface area is 189 Å². The quantitative estimate of drug-likeness (QED) is 0.335. The van der Waals surface area contributed by atoms with E-state index >= 15 is 0 Å². The number of carbonyl (C=O) groups is 2. The number of amides is 1. The zero-order chi connectivity index (χ0) is 22.5. The average molecular weight is 457 g/mol. The second-order valence-electron chi connectivity index (χ2n) is 6.88. The van der Waals surface area contributed by atoms with Crippen LogP contribution in [-0.4, -0.2) is 33.3 Å². The third kappa shape index (κ3) is 5.18. The molecular weight excluding hydrogens is 436 g/mol. The minimum Gasteiger partial charge on any atom is -0.478 e. The van der Waals surface area contributed by atoms with E-state index < -0.39 is 5.97 Å². The smallest absolute Gasteiger partial charge is 0.336 e. The minimum atomic E-state index is -1.05. The van der Waals surface area contributed by atoms with Crippen LogP contribution >= 0.6 is 23.4 Å². The molecule has 0 fully saturated rings. The van der Waals surface area contributed by atoms with Crippen LogP contribution in [0.4, 0.5) is 0 Å². The molecule has 1 aromatic carbocycles. The number of carbonyl (C=O) groups excluding carboxylic acids is 1. The first-order valence-electron chi connectivity index (χ1n) is 9.45. The standard InChI is InChI=1S/C23H21ClN2O4S/c1-14-13-15(7-10-19(14)24)26(23(25)31-2)21(27)12-9-16-8-11-20(30-16)17-5-3-4-6-18(17)22(28)29/h3-12,14,25H,13H2,1-2H3,(H,28,29)/b12-9+,25-23?. The number of rotatable bonds is 5. The van der Waals surface area contributed by atoms with Crippen molar-refractivity contribution in [1.29, 1.82) is 5.41 Å². The summed E-state index contributed by atoms with van der Waals surface area (Å²) in [5.74, 6) is -0.573. The first-order chi connectivity index (χ1) is 14.8. The number of hydrogen-bond donors (Lipinski definition) is 2. The molecule has 6 nitrogen and oxygen atoms in total. The third-order valence-corrected chi connectivity index (χ3v) is 5.83. The van der Waals surface area contributed by atoms with E-state index in [1.165, 1.54) is 34.9 Å². The molecule has 1 amide bonds. The first kappa shape index (κ1) is 22.7. The zero-order valence-corrected chi connectivity index (χ0v) is 18.5. The summed E-state index contributed by atoms with van der Waals surface area (Å²) in [7, 11) is 0. The van der Waals surface area contributed by atoms with Crippen molar-refractivity contribution in [3.05, 3.63) is 76.7 Å². The van der Waals surface area contributed by atoms with Crippen molar-refractivity contribution < 1.29 is 19.1 Å². The van der Waals surface area contributed by atoms with E-state index in [4.69, 9.17) is 21.4 Å². The summed E-state index contributed by atoms with van der Waals surface area (Å²) < 4.78 is 5.73. The predicted octanol–water partition coefficient (Wildman–Crippen LogP) is 5.83. The number of hydrogen-bond acceptors (Lipinski definition) is 5. The number of amidine groups is 1. The largest absolute Gasteiger partial charge is 0.478 e. The summed E-state index contributed by atoms with van der Waals surface area (Å²) in [4.78, 5) is 25.7. The molecule has 1 heterocycles. The van der Waals surface area contributed by atoms with Crippen LogP contribution in [0.1, 0.15) is 29.5 Å². The minimum absolute atomic E-state index is 0.0672. The van der Waals surface area contributed by atoms with Gasteiger partial charge < -0.3 is 9.52 Å². The van der Waals surface area contributed by atoms with E-state index in [2.05, 4.69) is 0 Å². The highest BCUT2D eigenvalue weighted by molar-refractivity contribution is 8.13. The van der Waals surface area contributed by atoms with Gasteiger partial charge in [-0.3, -0.25) is 15.1 Å². The molecule has 8 heteroatoms. The van der Waals surface area contributed by atoms with Gasteiger partial charge in [-0.15, -0.1) is 0 Å². The summed E-state index contributed by atoms with van der Waals surface area (Å²) in [6.45, 7) is 1.96. The van der Waals surface area contributed by atoms with Crippen molar-refractivity contribution in [3.63, 3.8) is 0 Å². The fourth-order valence-electron chi connectivity index (χ4n) is 3.15. The highest BCUT2D eigenvalue weighted by atomic mass is 35.5. The molecule has 0 aliphatic heterocycles. The molecule has 31 heavy (non-hydrogen) atoms. The second-order valence-corrected chi connectivity index (χ2v) is 8.12. The Morgan fingerprint density at radius 3 is 2.68 bits per heavy atom. The van der Waals surface area contributed by atoms with Crippen LogP contribution in [0.3, 0.4) is 0 Å². The molecule has 160 valence electrons. The molecule has 0 saturated heterocycles. The van der Waals surface area contributed by atoms with Gasteiger partial charge in [-0.25, -0.2) is 4.79 Å². The molecule has 2 aromatic rings. The lowest BCUT2D eigenvalue weighted by atomic mass is 9.99. The Morgan fingerprint density at radius 1 is 1.26 bits per heavy atom. The molecule has 0 saturated carbocycles.